The molecule has 38 heavy (non-hydrogen) atoms. The summed E-state index contributed by atoms with van der Waals surface area (Å²) in [5, 5.41) is 13.9. The lowest BCUT2D eigenvalue weighted by molar-refractivity contribution is -0.387. The Balaban J connectivity index is 1.56. The van der Waals surface area contributed by atoms with Crippen molar-refractivity contribution in [2.75, 3.05) is 11.8 Å². The summed E-state index contributed by atoms with van der Waals surface area (Å²) in [5.74, 6) is -2.34. The van der Waals surface area contributed by atoms with Crippen molar-refractivity contribution < 1.29 is 31.3 Å². The minimum atomic E-state index is -4.06. The van der Waals surface area contributed by atoms with Crippen molar-refractivity contribution in [1.29, 1.82) is 0 Å². The van der Waals surface area contributed by atoms with Crippen molar-refractivity contribution in [2.24, 2.45) is 0 Å². The quantitative estimate of drug-likeness (QED) is 0.225. The van der Waals surface area contributed by atoms with Gasteiger partial charge in [0.05, 0.1) is 21.9 Å². The highest BCUT2D eigenvalue weighted by Crippen LogP contribution is 2.47. The number of carbonyl (C=O) groups excluding carboxylic acids is 1. The molecule has 0 unspecified atom stereocenters. The van der Waals surface area contributed by atoms with Crippen LogP contribution >= 0.6 is 0 Å². The number of halogens is 2. The number of hydrogen-bond donors (Lipinski definition) is 2. The molecule has 0 atom stereocenters. The Morgan fingerprint density at radius 2 is 1.82 bits per heavy atom. The van der Waals surface area contributed by atoms with E-state index in [2.05, 4.69) is 10.0 Å². The molecular weight excluding hydrogens is 520 g/mol. The van der Waals surface area contributed by atoms with Crippen LogP contribution in [0.15, 0.2) is 59.0 Å². The molecule has 1 fully saturated rings. The zero-order valence-corrected chi connectivity index (χ0v) is 20.8. The predicted molar refractivity (Wildman–Crippen MR) is 136 cm³/mol. The fourth-order valence-corrected chi connectivity index (χ4v) is 5.55. The number of nitro groups is 1. The second-order valence-electron chi connectivity index (χ2n) is 9.01. The zero-order valence-electron chi connectivity index (χ0n) is 20.0. The molecule has 1 aromatic heterocycles. The third-order valence-electron chi connectivity index (χ3n) is 6.27. The number of nitrogens with one attached hydrogen (secondary N) is 2. The maximum absolute atomic E-state index is 14.0. The Morgan fingerprint density at radius 3 is 2.42 bits per heavy atom. The molecular formula is C26H21F2N3O6S. The average Bonchev–Trinajstić information content (AvgIpc) is 3.63. The normalized spacial score (nSPS) is 13.4. The van der Waals surface area contributed by atoms with Crippen LogP contribution in [-0.4, -0.2) is 26.3 Å². The van der Waals surface area contributed by atoms with Gasteiger partial charge in [-0.3, -0.25) is 19.6 Å². The van der Waals surface area contributed by atoms with Gasteiger partial charge in [-0.25, -0.2) is 12.8 Å². The molecule has 1 amide bonds. The van der Waals surface area contributed by atoms with E-state index in [-0.39, 0.29) is 34.1 Å². The van der Waals surface area contributed by atoms with Gasteiger partial charge in [0.15, 0.2) is 0 Å². The van der Waals surface area contributed by atoms with Gasteiger partial charge in [0.25, 0.3) is 5.91 Å². The number of sulfonamides is 1. The first kappa shape index (κ1) is 25.3. The highest BCUT2D eigenvalue weighted by Gasteiger charge is 2.31. The van der Waals surface area contributed by atoms with Crippen LogP contribution in [0.5, 0.6) is 0 Å². The van der Waals surface area contributed by atoms with Crippen LogP contribution in [-0.2, 0) is 15.8 Å². The highest BCUT2D eigenvalue weighted by atomic mass is 32.2. The van der Waals surface area contributed by atoms with Crippen LogP contribution in [0.25, 0.3) is 22.3 Å². The van der Waals surface area contributed by atoms with Crippen molar-refractivity contribution in [2.45, 2.75) is 24.5 Å². The standard InChI is InChI=1S/C26H21F2N3O6S/c1-29-26(32)24-19-11-18(15-3-4-15)21(12-23(19)37-25(24)16-5-7-17(27)8-6-16)30-38(35,36)13-14-2-9-22(31(33)34)20(28)10-14/h2,5-12,15,30H,3-4,13H2,1H3,(H,29,32). The highest BCUT2D eigenvalue weighted by molar-refractivity contribution is 7.91. The van der Waals surface area contributed by atoms with Crippen LogP contribution in [0, 0.1) is 21.7 Å². The van der Waals surface area contributed by atoms with Gasteiger partial charge in [0.2, 0.25) is 15.8 Å². The van der Waals surface area contributed by atoms with Gasteiger partial charge >= 0.3 is 5.69 Å². The van der Waals surface area contributed by atoms with Crippen LogP contribution in [0.2, 0.25) is 0 Å². The summed E-state index contributed by atoms with van der Waals surface area (Å²) in [4.78, 5) is 22.8. The summed E-state index contributed by atoms with van der Waals surface area (Å²) in [6, 6.07) is 11.6. The van der Waals surface area contributed by atoms with E-state index < -0.39 is 43.9 Å². The van der Waals surface area contributed by atoms with Crippen molar-refractivity contribution in [1.82, 2.24) is 5.32 Å². The van der Waals surface area contributed by atoms with Crippen LogP contribution < -0.4 is 10.0 Å². The molecule has 0 spiro atoms. The van der Waals surface area contributed by atoms with Crippen molar-refractivity contribution >= 4 is 38.3 Å². The second-order valence-corrected chi connectivity index (χ2v) is 10.7. The van der Waals surface area contributed by atoms with E-state index in [9.17, 15) is 32.1 Å². The van der Waals surface area contributed by atoms with Crippen LogP contribution in [0.3, 0.4) is 0 Å². The monoisotopic (exact) mass is 541 g/mol. The molecule has 0 aliphatic heterocycles. The van der Waals surface area contributed by atoms with Gasteiger partial charge in [0.1, 0.15) is 17.2 Å². The second kappa shape index (κ2) is 9.53. The topological polar surface area (TPSA) is 132 Å². The molecule has 196 valence electrons. The molecule has 9 nitrogen and oxygen atoms in total. The lowest BCUT2D eigenvalue weighted by Crippen LogP contribution is -2.18. The number of furan rings is 1. The molecule has 5 rings (SSSR count). The Hall–Kier alpha value is -4.32. The Kier molecular flexibility index (Phi) is 6.35. The van der Waals surface area contributed by atoms with E-state index in [1.54, 1.807) is 6.07 Å². The van der Waals surface area contributed by atoms with E-state index in [4.69, 9.17) is 4.42 Å². The van der Waals surface area contributed by atoms with Gasteiger partial charge < -0.3 is 9.73 Å². The minimum Gasteiger partial charge on any atom is -0.455 e. The van der Waals surface area contributed by atoms with Gasteiger partial charge in [-0.15, -0.1) is 0 Å². The molecule has 2 N–H and O–H groups in total. The molecule has 0 bridgehead atoms. The lowest BCUT2D eigenvalue weighted by atomic mass is 10.0. The smallest absolute Gasteiger partial charge is 0.304 e. The first-order valence-corrected chi connectivity index (χ1v) is 13.2. The summed E-state index contributed by atoms with van der Waals surface area (Å²) in [6.07, 6.45) is 1.65. The van der Waals surface area contributed by atoms with E-state index in [0.29, 0.717) is 16.5 Å². The van der Waals surface area contributed by atoms with Crippen molar-refractivity contribution in [3.63, 3.8) is 0 Å². The summed E-state index contributed by atoms with van der Waals surface area (Å²) in [6.45, 7) is 0. The SMILES string of the molecule is CNC(=O)c1c(-c2ccc(F)cc2)oc2cc(NS(=O)(=O)Cc3ccc([N+](=O)[O-])c(F)c3)c(C3CC3)cc12. The number of anilines is 1. The number of fused-ring (bicyclic) bond motifs is 1. The van der Waals surface area contributed by atoms with Crippen molar-refractivity contribution in [3.8, 4) is 11.3 Å². The molecule has 0 saturated heterocycles. The third-order valence-corrected chi connectivity index (χ3v) is 7.51. The molecule has 12 heteroatoms. The molecule has 3 aromatic carbocycles. The molecule has 1 aliphatic carbocycles. The van der Waals surface area contributed by atoms with E-state index in [1.807, 2.05) is 0 Å². The largest absolute Gasteiger partial charge is 0.455 e. The number of rotatable bonds is 8. The number of carbonyl (C=O) groups is 1. The fourth-order valence-electron chi connectivity index (χ4n) is 4.35. The summed E-state index contributed by atoms with van der Waals surface area (Å²) in [7, 11) is -2.59. The van der Waals surface area contributed by atoms with Crippen LogP contribution in [0.4, 0.5) is 20.2 Å². The number of nitro benzene ring substituents is 1. The first-order valence-electron chi connectivity index (χ1n) is 11.6. The first-order chi connectivity index (χ1) is 18.1. The summed E-state index contributed by atoms with van der Waals surface area (Å²) < 4.78 is 62.1. The minimum absolute atomic E-state index is 0.0353. The summed E-state index contributed by atoms with van der Waals surface area (Å²) >= 11 is 0. The van der Waals surface area contributed by atoms with Gasteiger partial charge in [0, 0.05) is 30.1 Å². The van der Waals surface area contributed by atoms with E-state index in [0.717, 1.165) is 25.0 Å². The van der Waals surface area contributed by atoms with Crippen LogP contribution in [0.1, 0.15) is 40.2 Å². The maximum Gasteiger partial charge on any atom is 0.304 e. The Bertz CT molecular complexity index is 1700. The molecule has 1 heterocycles. The van der Waals surface area contributed by atoms with E-state index >= 15 is 0 Å². The third kappa shape index (κ3) is 4.94. The molecule has 1 aliphatic rings. The predicted octanol–water partition coefficient (Wildman–Crippen LogP) is 5.47. The molecule has 1 saturated carbocycles. The zero-order chi connectivity index (χ0) is 27.2. The number of hydrogen-bond acceptors (Lipinski definition) is 6. The Labute approximate surface area is 215 Å². The van der Waals surface area contributed by atoms with Gasteiger partial charge in [-0.05, 0) is 66.3 Å². The Morgan fingerprint density at radius 1 is 1.11 bits per heavy atom. The number of nitrogens with zero attached hydrogens (tertiary/aromatic N) is 1. The number of benzene rings is 3. The van der Waals surface area contributed by atoms with E-state index in [1.165, 1.54) is 43.4 Å². The van der Waals surface area contributed by atoms with Gasteiger partial charge in [-0.1, -0.05) is 6.07 Å². The molecule has 4 aromatic rings. The molecule has 0 radical (unpaired) electrons. The summed E-state index contributed by atoms with van der Waals surface area (Å²) in [5.41, 5.74) is 1.17. The van der Waals surface area contributed by atoms with Crippen molar-refractivity contribution in [3.05, 3.63) is 93.0 Å². The maximum atomic E-state index is 14.0. The fraction of sp³-hybridized carbons (Fsp3) is 0.192. The van der Waals surface area contributed by atoms with Gasteiger partial charge in [-0.2, -0.15) is 4.39 Å². The number of amides is 1. The average molecular weight is 542 g/mol. The lowest BCUT2D eigenvalue weighted by Gasteiger charge is -2.13.